The number of nitrogens with zero attached hydrogens (tertiary/aromatic N) is 3. The van der Waals surface area contributed by atoms with Crippen LogP contribution in [0.25, 0.3) is 22.2 Å². The molecule has 2 aromatic heterocycles. The van der Waals surface area contributed by atoms with E-state index in [0.29, 0.717) is 5.82 Å². The Labute approximate surface area is 98.1 Å². The second-order valence-electron chi connectivity index (χ2n) is 3.72. The van der Waals surface area contributed by atoms with Crippen LogP contribution in [0.4, 0.5) is 5.82 Å². The lowest BCUT2D eigenvalue weighted by atomic mass is 10.1. The first-order chi connectivity index (χ1) is 8.34. The number of anilines is 1. The summed E-state index contributed by atoms with van der Waals surface area (Å²) in [5.41, 5.74) is 8.20. The Bertz CT molecular complexity index is 656. The molecule has 2 N–H and O–H groups in total. The van der Waals surface area contributed by atoms with Crippen molar-refractivity contribution in [1.82, 2.24) is 15.2 Å². The van der Waals surface area contributed by atoms with Crippen LogP contribution in [0, 0.1) is 0 Å². The standard InChI is InChI=1S/C13H10N4/c14-12-7-6-11(16-17-12)10-5-1-3-9-4-2-8-15-13(9)10/h1-8H,(H2,14,17). The fraction of sp³-hybridized carbons (Fsp3) is 0. The highest BCUT2D eigenvalue weighted by Crippen LogP contribution is 2.24. The molecular weight excluding hydrogens is 212 g/mol. The molecule has 4 heteroatoms. The molecule has 0 unspecified atom stereocenters. The minimum Gasteiger partial charge on any atom is -0.382 e. The van der Waals surface area contributed by atoms with Gasteiger partial charge < -0.3 is 5.73 Å². The number of para-hydroxylation sites is 1. The summed E-state index contributed by atoms with van der Waals surface area (Å²) in [6.45, 7) is 0. The van der Waals surface area contributed by atoms with Crippen molar-refractivity contribution < 1.29 is 0 Å². The van der Waals surface area contributed by atoms with Crippen LogP contribution in [0.2, 0.25) is 0 Å². The van der Waals surface area contributed by atoms with Crippen molar-refractivity contribution in [1.29, 1.82) is 0 Å². The van der Waals surface area contributed by atoms with E-state index in [2.05, 4.69) is 15.2 Å². The fourth-order valence-electron chi connectivity index (χ4n) is 1.80. The maximum absolute atomic E-state index is 5.53. The molecule has 17 heavy (non-hydrogen) atoms. The quantitative estimate of drug-likeness (QED) is 0.686. The molecule has 4 nitrogen and oxygen atoms in total. The van der Waals surface area contributed by atoms with E-state index in [0.717, 1.165) is 22.2 Å². The van der Waals surface area contributed by atoms with E-state index in [1.54, 1.807) is 12.3 Å². The molecule has 0 bridgehead atoms. The normalized spacial score (nSPS) is 10.6. The van der Waals surface area contributed by atoms with E-state index in [1.165, 1.54) is 0 Å². The summed E-state index contributed by atoms with van der Waals surface area (Å²) in [7, 11) is 0. The Balaban J connectivity index is 2.27. The Morgan fingerprint density at radius 1 is 0.882 bits per heavy atom. The average molecular weight is 222 g/mol. The minimum absolute atomic E-state index is 0.418. The molecule has 2 heterocycles. The van der Waals surface area contributed by atoms with Crippen molar-refractivity contribution >= 4 is 16.7 Å². The first-order valence-electron chi connectivity index (χ1n) is 5.28. The number of hydrogen-bond donors (Lipinski definition) is 1. The zero-order chi connectivity index (χ0) is 11.7. The molecule has 3 rings (SSSR count). The second-order valence-corrected chi connectivity index (χ2v) is 3.72. The van der Waals surface area contributed by atoms with E-state index in [9.17, 15) is 0 Å². The molecule has 0 saturated carbocycles. The number of aromatic nitrogens is 3. The third-order valence-electron chi connectivity index (χ3n) is 2.59. The van der Waals surface area contributed by atoms with Gasteiger partial charge in [-0.15, -0.1) is 10.2 Å². The summed E-state index contributed by atoms with van der Waals surface area (Å²) in [6.07, 6.45) is 1.77. The van der Waals surface area contributed by atoms with E-state index >= 15 is 0 Å². The topological polar surface area (TPSA) is 64.7 Å². The maximum Gasteiger partial charge on any atom is 0.146 e. The molecule has 1 aromatic carbocycles. The SMILES string of the molecule is Nc1ccc(-c2cccc3cccnc23)nn1. The highest BCUT2D eigenvalue weighted by molar-refractivity contribution is 5.92. The van der Waals surface area contributed by atoms with Gasteiger partial charge in [-0.3, -0.25) is 4.98 Å². The van der Waals surface area contributed by atoms with E-state index < -0.39 is 0 Å². The Kier molecular flexibility index (Phi) is 2.19. The largest absolute Gasteiger partial charge is 0.382 e. The third-order valence-corrected chi connectivity index (χ3v) is 2.59. The molecule has 0 aliphatic heterocycles. The molecule has 0 radical (unpaired) electrons. The van der Waals surface area contributed by atoms with Gasteiger partial charge in [-0.1, -0.05) is 24.3 Å². The van der Waals surface area contributed by atoms with Crippen molar-refractivity contribution in [2.45, 2.75) is 0 Å². The average Bonchev–Trinajstić information content (AvgIpc) is 2.39. The van der Waals surface area contributed by atoms with Gasteiger partial charge in [0.15, 0.2) is 0 Å². The maximum atomic E-state index is 5.53. The number of pyridine rings is 1. The van der Waals surface area contributed by atoms with Gasteiger partial charge in [0.25, 0.3) is 0 Å². The highest BCUT2D eigenvalue weighted by atomic mass is 15.1. The molecule has 0 fully saturated rings. The summed E-state index contributed by atoms with van der Waals surface area (Å²) in [5, 5.41) is 9.03. The smallest absolute Gasteiger partial charge is 0.146 e. The molecule has 3 aromatic rings. The van der Waals surface area contributed by atoms with Crippen LogP contribution in [-0.2, 0) is 0 Å². The summed E-state index contributed by atoms with van der Waals surface area (Å²) in [4.78, 5) is 4.38. The summed E-state index contributed by atoms with van der Waals surface area (Å²) in [6, 6.07) is 13.5. The molecule has 0 aliphatic carbocycles. The van der Waals surface area contributed by atoms with Crippen LogP contribution in [0.1, 0.15) is 0 Å². The predicted octanol–water partition coefficient (Wildman–Crippen LogP) is 2.27. The van der Waals surface area contributed by atoms with Crippen molar-refractivity contribution in [3.63, 3.8) is 0 Å². The van der Waals surface area contributed by atoms with Crippen LogP contribution < -0.4 is 5.73 Å². The van der Waals surface area contributed by atoms with Crippen LogP contribution >= 0.6 is 0 Å². The van der Waals surface area contributed by atoms with E-state index in [-0.39, 0.29) is 0 Å². The number of nitrogen functional groups attached to an aromatic ring is 1. The van der Waals surface area contributed by atoms with Gasteiger partial charge in [-0.25, -0.2) is 0 Å². The number of fused-ring (bicyclic) bond motifs is 1. The minimum atomic E-state index is 0.418. The zero-order valence-corrected chi connectivity index (χ0v) is 9.04. The van der Waals surface area contributed by atoms with Gasteiger partial charge in [0.05, 0.1) is 11.2 Å². The summed E-state index contributed by atoms with van der Waals surface area (Å²) < 4.78 is 0. The molecule has 0 aliphatic rings. The molecular formula is C13H10N4. The van der Waals surface area contributed by atoms with Crippen LogP contribution in [0.5, 0.6) is 0 Å². The highest BCUT2D eigenvalue weighted by Gasteiger charge is 2.05. The predicted molar refractivity (Wildman–Crippen MR) is 67.2 cm³/mol. The molecule has 0 spiro atoms. The van der Waals surface area contributed by atoms with Gasteiger partial charge in [-0.05, 0) is 18.2 Å². The van der Waals surface area contributed by atoms with Crippen molar-refractivity contribution in [3.8, 4) is 11.3 Å². The summed E-state index contributed by atoms with van der Waals surface area (Å²) in [5.74, 6) is 0.418. The number of benzene rings is 1. The first-order valence-corrected chi connectivity index (χ1v) is 5.28. The number of nitrogens with two attached hydrogens (primary N) is 1. The lowest BCUT2D eigenvalue weighted by Gasteiger charge is -2.04. The van der Waals surface area contributed by atoms with Crippen molar-refractivity contribution in [2.24, 2.45) is 0 Å². The molecule has 0 atom stereocenters. The lowest BCUT2D eigenvalue weighted by molar-refractivity contribution is 1.05. The van der Waals surface area contributed by atoms with Crippen LogP contribution in [0.3, 0.4) is 0 Å². The second kappa shape index (κ2) is 3.83. The van der Waals surface area contributed by atoms with Crippen LogP contribution in [0.15, 0.2) is 48.7 Å². The van der Waals surface area contributed by atoms with Gasteiger partial charge in [-0.2, -0.15) is 0 Å². The Morgan fingerprint density at radius 3 is 2.59 bits per heavy atom. The lowest BCUT2D eigenvalue weighted by Crippen LogP contribution is -1.94. The molecule has 82 valence electrons. The third kappa shape index (κ3) is 1.69. The van der Waals surface area contributed by atoms with E-state index in [1.807, 2.05) is 36.4 Å². The number of hydrogen-bond acceptors (Lipinski definition) is 4. The summed E-state index contributed by atoms with van der Waals surface area (Å²) >= 11 is 0. The Morgan fingerprint density at radius 2 is 1.76 bits per heavy atom. The molecule has 0 amide bonds. The Hall–Kier alpha value is -2.49. The molecule has 0 saturated heterocycles. The van der Waals surface area contributed by atoms with Gasteiger partial charge >= 0.3 is 0 Å². The van der Waals surface area contributed by atoms with Gasteiger partial charge in [0.2, 0.25) is 0 Å². The van der Waals surface area contributed by atoms with Gasteiger partial charge in [0, 0.05) is 17.1 Å². The van der Waals surface area contributed by atoms with E-state index in [4.69, 9.17) is 5.73 Å². The number of rotatable bonds is 1. The fourth-order valence-corrected chi connectivity index (χ4v) is 1.80. The van der Waals surface area contributed by atoms with Crippen LogP contribution in [-0.4, -0.2) is 15.2 Å². The van der Waals surface area contributed by atoms with Crippen molar-refractivity contribution in [3.05, 3.63) is 48.7 Å². The first kappa shape index (κ1) is 9.72. The van der Waals surface area contributed by atoms with Crippen molar-refractivity contribution in [2.75, 3.05) is 5.73 Å². The monoisotopic (exact) mass is 222 g/mol. The van der Waals surface area contributed by atoms with Gasteiger partial charge in [0.1, 0.15) is 5.82 Å². The zero-order valence-electron chi connectivity index (χ0n) is 9.04.